The molecule has 0 radical (unpaired) electrons. The first-order valence-electron chi connectivity index (χ1n) is 20.8. The summed E-state index contributed by atoms with van der Waals surface area (Å²) in [6.07, 6.45) is 6.31. The van der Waals surface area contributed by atoms with Gasteiger partial charge in [-0.2, -0.15) is 0 Å². The molecule has 2 heteroatoms. The van der Waals surface area contributed by atoms with Gasteiger partial charge in [-0.25, -0.2) is 0 Å². The molecule has 278 valence electrons. The van der Waals surface area contributed by atoms with Crippen molar-refractivity contribution < 1.29 is 0 Å². The second kappa shape index (κ2) is 14.2. The molecule has 11 rings (SSSR count). The Morgan fingerprint density at radius 1 is 0.328 bits per heavy atom. The predicted molar refractivity (Wildman–Crippen MR) is 246 cm³/mol. The summed E-state index contributed by atoms with van der Waals surface area (Å²) in [4.78, 5) is 4.85. The number of fused-ring (bicyclic) bond motifs is 7. The summed E-state index contributed by atoms with van der Waals surface area (Å²) in [5.41, 5.74) is 15.3. The first-order valence-corrected chi connectivity index (χ1v) is 20.8. The molecule has 58 heavy (non-hydrogen) atoms. The van der Waals surface area contributed by atoms with E-state index in [0.717, 1.165) is 17.1 Å². The molecule has 0 amide bonds. The zero-order chi connectivity index (χ0) is 38.5. The van der Waals surface area contributed by atoms with E-state index < -0.39 is 0 Å². The number of hydrogen-bond donors (Lipinski definition) is 0. The second-order valence-corrected chi connectivity index (χ2v) is 16.0. The van der Waals surface area contributed by atoms with Gasteiger partial charge in [0.1, 0.15) is 0 Å². The number of nitrogens with zero attached hydrogens (tertiary/aromatic N) is 2. The Kier molecular flexibility index (Phi) is 8.43. The van der Waals surface area contributed by atoms with Gasteiger partial charge in [0, 0.05) is 38.9 Å². The van der Waals surface area contributed by atoms with Crippen LogP contribution in [0.2, 0.25) is 0 Å². The van der Waals surface area contributed by atoms with E-state index in [4.69, 9.17) is 0 Å². The third-order valence-electron chi connectivity index (χ3n) is 12.8. The van der Waals surface area contributed by atoms with Crippen molar-refractivity contribution in [2.45, 2.75) is 37.5 Å². The van der Waals surface area contributed by atoms with Gasteiger partial charge in [0.25, 0.3) is 0 Å². The van der Waals surface area contributed by atoms with Crippen LogP contribution in [0.25, 0.3) is 43.8 Å². The zero-order valence-electron chi connectivity index (χ0n) is 32.6. The van der Waals surface area contributed by atoms with Gasteiger partial charge in [0.15, 0.2) is 0 Å². The summed E-state index contributed by atoms with van der Waals surface area (Å²) < 4.78 is 0. The lowest BCUT2D eigenvalue weighted by Gasteiger charge is -2.36. The highest BCUT2D eigenvalue weighted by molar-refractivity contribution is 6.00. The van der Waals surface area contributed by atoms with Crippen LogP contribution in [0.4, 0.5) is 34.1 Å². The summed E-state index contributed by atoms with van der Waals surface area (Å²) >= 11 is 0. The molecule has 0 saturated heterocycles. The van der Waals surface area contributed by atoms with Crippen molar-refractivity contribution >= 4 is 55.7 Å². The molecule has 9 aromatic carbocycles. The highest BCUT2D eigenvalue weighted by atomic mass is 15.1. The largest absolute Gasteiger partial charge is 0.310 e. The maximum Gasteiger partial charge on any atom is 0.0540 e. The number of para-hydroxylation sites is 1. The molecule has 1 spiro atoms. The molecule has 0 aliphatic heterocycles. The van der Waals surface area contributed by atoms with Gasteiger partial charge in [-0.15, -0.1) is 0 Å². The fourth-order valence-electron chi connectivity index (χ4n) is 10.1. The molecule has 0 atom stereocenters. The highest BCUT2D eigenvalue weighted by Gasteiger charge is 2.43. The smallest absolute Gasteiger partial charge is 0.0540 e. The Bertz CT molecular complexity index is 2910. The van der Waals surface area contributed by atoms with Crippen LogP contribution in [0, 0.1) is 0 Å². The zero-order valence-corrected chi connectivity index (χ0v) is 32.6. The highest BCUT2D eigenvalue weighted by Crippen LogP contribution is 2.57. The van der Waals surface area contributed by atoms with Crippen LogP contribution >= 0.6 is 0 Å². The fourth-order valence-corrected chi connectivity index (χ4v) is 10.1. The van der Waals surface area contributed by atoms with Crippen LogP contribution in [0.3, 0.4) is 0 Å². The summed E-state index contributed by atoms with van der Waals surface area (Å²) in [5, 5.41) is 4.95. The maximum absolute atomic E-state index is 2.53. The van der Waals surface area contributed by atoms with Crippen molar-refractivity contribution in [1.29, 1.82) is 0 Å². The molecular formula is C56H44N2. The maximum atomic E-state index is 2.53. The Labute approximate surface area is 341 Å². The van der Waals surface area contributed by atoms with Gasteiger partial charge in [-0.1, -0.05) is 165 Å². The van der Waals surface area contributed by atoms with E-state index in [1.54, 1.807) is 0 Å². The third kappa shape index (κ3) is 5.71. The summed E-state index contributed by atoms with van der Waals surface area (Å²) in [7, 11) is 0. The van der Waals surface area contributed by atoms with Gasteiger partial charge in [0.2, 0.25) is 0 Å². The SMILES string of the molecule is c1ccc(N(c2ccc(-c3ccc(N(c4ccc5c(c4)C4(CCCCC4)c4ccccc4-5)c4cccc5ccccc45)cc3)cc2)c2cccc3ccccc23)cc1. The van der Waals surface area contributed by atoms with Gasteiger partial charge in [0.05, 0.1) is 11.4 Å². The van der Waals surface area contributed by atoms with E-state index >= 15 is 0 Å². The molecular weight excluding hydrogens is 701 g/mol. The van der Waals surface area contributed by atoms with Crippen molar-refractivity contribution in [2.24, 2.45) is 0 Å². The van der Waals surface area contributed by atoms with Crippen LogP contribution < -0.4 is 9.80 Å². The molecule has 0 bridgehead atoms. The Morgan fingerprint density at radius 3 is 1.41 bits per heavy atom. The van der Waals surface area contributed by atoms with Crippen LogP contribution in [0.1, 0.15) is 43.2 Å². The Morgan fingerprint density at radius 2 is 0.793 bits per heavy atom. The number of hydrogen-bond acceptors (Lipinski definition) is 2. The van der Waals surface area contributed by atoms with E-state index in [-0.39, 0.29) is 5.41 Å². The second-order valence-electron chi connectivity index (χ2n) is 16.0. The van der Waals surface area contributed by atoms with Gasteiger partial charge in [-0.05, 0) is 118 Å². The summed E-state index contributed by atoms with van der Waals surface area (Å²) in [6, 6.07) is 76.0. The van der Waals surface area contributed by atoms with Gasteiger partial charge >= 0.3 is 0 Å². The average Bonchev–Trinajstić information content (AvgIpc) is 3.55. The summed E-state index contributed by atoms with van der Waals surface area (Å²) in [5.74, 6) is 0. The topological polar surface area (TPSA) is 6.48 Å². The lowest BCUT2D eigenvalue weighted by atomic mass is 9.68. The number of anilines is 6. The molecule has 2 aliphatic rings. The molecule has 2 nitrogen and oxygen atoms in total. The molecule has 0 heterocycles. The average molecular weight is 745 g/mol. The minimum Gasteiger partial charge on any atom is -0.310 e. The molecule has 9 aromatic rings. The van der Waals surface area contributed by atoms with E-state index in [9.17, 15) is 0 Å². The number of rotatable bonds is 7. The molecule has 1 fully saturated rings. The first-order chi connectivity index (χ1) is 28.7. The molecule has 0 aromatic heterocycles. The molecule has 1 saturated carbocycles. The van der Waals surface area contributed by atoms with E-state index in [0.29, 0.717) is 0 Å². The van der Waals surface area contributed by atoms with Crippen molar-refractivity contribution in [3.63, 3.8) is 0 Å². The lowest BCUT2D eigenvalue weighted by Crippen LogP contribution is -2.28. The Hall–Kier alpha value is -6.90. The van der Waals surface area contributed by atoms with E-state index in [1.165, 1.54) is 104 Å². The van der Waals surface area contributed by atoms with Crippen LogP contribution in [-0.4, -0.2) is 0 Å². The minimum atomic E-state index is 0.0876. The minimum absolute atomic E-state index is 0.0876. The normalized spacial score (nSPS) is 14.0. The molecule has 0 N–H and O–H groups in total. The van der Waals surface area contributed by atoms with Gasteiger partial charge in [-0.3, -0.25) is 0 Å². The van der Waals surface area contributed by atoms with Crippen LogP contribution in [-0.2, 0) is 5.41 Å². The fraction of sp³-hybridized carbons (Fsp3) is 0.107. The van der Waals surface area contributed by atoms with Crippen LogP contribution in [0.5, 0.6) is 0 Å². The monoisotopic (exact) mass is 744 g/mol. The number of benzene rings is 9. The van der Waals surface area contributed by atoms with Crippen molar-refractivity contribution in [1.82, 2.24) is 0 Å². The Balaban J connectivity index is 0.989. The summed E-state index contributed by atoms with van der Waals surface area (Å²) in [6.45, 7) is 0. The quantitative estimate of drug-likeness (QED) is 0.160. The van der Waals surface area contributed by atoms with Crippen molar-refractivity contribution in [3.8, 4) is 22.3 Å². The predicted octanol–water partition coefficient (Wildman–Crippen LogP) is 15.8. The first kappa shape index (κ1) is 34.4. The molecule has 2 aliphatic carbocycles. The van der Waals surface area contributed by atoms with Crippen molar-refractivity contribution in [3.05, 3.63) is 217 Å². The van der Waals surface area contributed by atoms with Crippen LogP contribution in [0.15, 0.2) is 206 Å². The standard InChI is InChI=1S/C56H44N2/c1-3-19-44(20-4-1)57(54-25-13-17-42-15-5-7-21-48(42)54)45-31-27-40(28-32-45)41-29-33-46(34-30-41)58(55-26-14-18-43-16-6-8-22-49(43)55)47-35-36-51-50-23-9-10-24-52(50)56(53(51)39-47)37-11-2-12-38-56/h1,3-10,13-36,39H,2,11-12,37-38H2. The third-order valence-corrected chi connectivity index (χ3v) is 12.8. The molecule has 0 unspecified atom stereocenters. The lowest BCUT2D eigenvalue weighted by molar-refractivity contribution is 0.353. The van der Waals surface area contributed by atoms with E-state index in [1.807, 2.05) is 0 Å². The van der Waals surface area contributed by atoms with E-state index in [2.05, 4.69) is 216 Å². The van der Waals surface area contributed by atoms with Gasteiger partial charge < -0.3 is 9.80 Å². The van der Waals surface area contributed by atoms with Crippen molar-refractivity contribution in [2.75, 3.05) is 9.80 Å².